The number of nitrogens with zero attached hydrogens (tertiary/aromatic N) is 4. The highest BCUT2D eigenvalue weighted by molar-refractivity contribution is 6.05. The number of carboxylic acids is 2. The zero-order valence-corrected chi connectivity index (χ0v) is 20.6. The fourth-order valence-corrected chi connectivity index (χ4v) is 6.45. The van der Waals surface area contributed by atoms with Crippen LogP contribution in [0.4, 0.5) is 5.82 Å². The van der Waals surface area contributed by atoms with Gasteiger partial charge < -0.3 is 20.8 Å². The summed E-state index contributed by atoms with van der Waals surface area (Å²) >= 11 is 0. The molecule has 2 heterocycles. The summed E-state index contributed by atoms with van der Waals surface area (Å²) in [5.74, 6) is -0.956. The molecular formula is C25H34N6O5. The Morgan fingerprint density at radius 1 is 1.03 bits per heavy atom. The fourth-order valence-electron chi connectivity index (χ4n) is 6.45. The third-order valence-electron chi connectivity index (χ3n) is 9.07. The topological polar surface area (TPSA) is 159 Å². The number of aliphatic carboxylic acids is 2. The maximum Gasteiger partial charge on any atom is 0.309 e. The highest BCUT2D eigenvalue weighted by Gasteiger charge is 2.52. The lowest BCUT2D eigenvalue weighted by Crippen LogP contribution is -2.50. The minimum Gasteiger partial charge on any atom is -0.481 e. The van der Waals surface area contributed by atoms with Crippen LogP contribution in [0.3, 0.4) is 0 Å². The molecule has 2 aromatic rings. The molecule has 0 aliphatic heterocycles. The van der Waals surface area contributed by atoms with E-state index in [1.54, 1.807) is 11.7 Å². The van der Waals surface area contributed by atoms with E-state index < -0.39 is 17.4 Å². The van der Waals surface area contributed by atoms with Crippen LogP contribution in [0.25, 0.3) is 11.0 Å². The maximum absolute atomic E-state index is 13.2. The Morgan fingerprint density at radius 2 is 1.69 bits per heavy atom. The predicted octanol–water partition coefficient (Wildman–Crippen LogP) is 2.82. The number of rotatable bonds is 8. The number of hydrogen-bond acceptors (Lipinski definition) is 7. The van der Waals surface area contributed by atoms with Crippen molar-refractivity contribution < 1.29 is 24.6 Å². The molecule has 36 heavy (non-hydrogen) atoms. The van der Waals surface area contributed by atoms with E-state index in [-0.39, 0.29) is 22.9 Å². The van der Waals surface area contributed by atoms with Crippen molar-refractivity contribution in [2.45, 2.75) is 64.2 Å². The Morgan fingerprint density at radius 3 is 2.31 bits per heavy atom. The Kier molecular flexibility index (Phi) is 6.34. The van der Waals surface area contributed by atoms with E-state index in [1.807, 2.05) is 0 Å². The highest BCUT2D eigenvalue weighted by Crippen LogP contribution is 2.56. The summed E-state index contributed by atoms with van der Waals surface area (Å²) < 4.78 is 1.62. The lowest BCUT2D eigenvalue weighted by molar-refractivity contribution is -0.158. The van der Waals surface area contributed by atoms with Crippen molar-refractivity contribution in [3.8, 4) is 0 Å². The molecule has 0 radical (unpaired) electrons. The van der Waals surface area contributed by atoms with Crippen molar-refractivity contribution in [2.75, 3.05) is 18.4 Å². The van der Waals surface area contributed by atoms with Crippen LogP contribution < -0.4 is 10.6 Å². The summed E-state index contributed by atoms with van der Waals surface area (Å²) in [4.78, 5) is 44.7. The SMILES string of the molecule is Cn1nc(NCC2CCC(C(=O)O)CC2)c2ncnc(C(=O)NCC34CCC(C(=O)O)(CC3)CC4)c21. The first-order valence-electron chi connectivity index (χ1n) is 12.9. The van der Waals surface area contributed by atoms with Crippen molar-refractivity contribution in [3.63, 3.8) is 0 Å². The first kappa shape index (κ1) is 24.5. The van der Waals surface area contributed by atoms with E-state index in [2.05, 4.69) is 25.7 Å². The molecule has 4 fully saturated rings. The zero-order valence-electron chi connectivity index (χ0n) is 20.6. The van der Waals surface area contributed by atoms with Crippen LogP contribution in [0, 0.1) is 22.7 Å². The molecule has 0 unspecified atom stereocenters. The van der Waals surface area contributed by atoms with Gasteiger partial charge in [-0.05, 0) is 75.5 Å². The van der Waals surface area contributed by atoms with Crippen LogP contribution in [0.15, 0.2) is 6.33 Å². The van der Waals surface area contributed by atoms with Gasteiger partial charge in [-0.3, -0.25) is 19.1 Å². The van der Waals surface area contributed by atoms with Crippen LogP contribution in [-0.2, 0) is 16.6 Å². The molecule has 11 heteroatoms. The smallest absolute Gasteiger partial charge is 0.309 e. The van der Waals surface area contributed by atoms with Gasteiger partial charge >= 0.3 is 11.9 Å². The number of amides is 1. The number of anilines is 1. The van der Waals surface area contributed by atoms with Crippen LogP contribution in [-0.4, -0.2) is 60.9 Å². The molecule has 4 saturated carbocycles. The number of nitrogens with one attached hydrogen (secondary N) is 2. The lowest BCUT2D eigenvalue weighted by atomic mass is 9.53. The third kappa shape index (κ3) is 4.39. The van der Waals surface area contributed by atoms with E-state index in [9.17, 15) is 24.6 Å². The fraction of sp³-hybridized carbons (Fsp3) is 0.680. The third-order valence-corrected chi connectivity index (χ3v) is 9.07. The molecular weight excluding hydrogens is 464 g/mol. The van der Waals surface area contributed by atoms with E-state index in [0.29, 0.717) is 68.0 Å². The molecule has 0 spiro atoms. The molecule has 0 aromatic carbocycles. The van der Waals surface area contributed by atoms with Crippen LogP contribution >= 0.6 is 0 Å². The molecule has 0 atom stereocenters. The maximum atomic E-state index is 13.2. The van der Waals surface area contributed by atoms with Gasteiger partial charge in [-0.15, -0.1) is 0 Å². The van der Waals surface area contributed by atoms with Crippen molar-refractivity contribution in [3.05, 3.63) is 12.0 Å². The normalized spacial score (nSPS) is 29.7. The van der Waals surface area contributed by atoms with Gasteiger partial charge in [0.1, 0.15) is 17.4 Å². The summed E-state index contributed by atoms with van der Waals surface area (Å²) in [5.41, 5.74) is 0.794. The van der Waals surface area contributed by atoms with Gasteiger partial charge in [0.05, 0.1) is 11.3 Å². The van der Waals surface area contributed by atoms with Crippen LogP contribution in [0.2, 0.25) is 0 Å². The summed E-state index contributed by atoms with van der Waals surface area (Å²) in [5, 5.41) is 29.8. The van der Waals surface area contributed by atoms with Crippen LogP contribution in [0.1, 0.15) is 74.7 Å². The predicted molar refractivity (Wildman–Crippen MR) is 130 cm³/mol. The zero-order chi connectivity index (χ0) is 25.5. The Balaban J connectivity index is 1.23. The number of hydrogen-bond donors (Lipinski definition) is 4. The summed E-state index contributed by atoms with van der Waals surface area (Å²) in [6.45, 7) is 1.18. The first-order valence-corrected chi connectivity index (χ1v) is 12.9. The van der Waals surface area contributed by atoms with E-state index in [4.69, 9.17) is 0 Å². The van der Waals surface area contributed by atoms with E-state index in [0.717, 1.165) is 32.1 Å². The summed E-state index contributed by atoms with van der Waals surface area (Å²) in [6.07, 6.45) is 8.92. The second kappa shape index (κ2) is 9.33. The van der Waals surface area contributed by atoms with Gasteiger partial charge in [-0.2, -0.15) is 5.10 Å². The van der Waals surface area contributed by atoms with Gasteiger partial charge in [0.25, 0.3) is 5.91 Å². The van der Waals surface area contributed by atoms with E-state index >= 15 is 0 Å². The molecule has 0 saturated heterocycles. The quantitative estimate of drug-likeness (QED) is 0.429. The van der Waals surface area contributed by atoms with Gasteiger partial charge in [-0.25, -0.2) is 9.97 Å². The van der Waals surface area contributed by atoms with Crippen molar-refractivity contribution in [1.29, 1.82) is 0 Å². The monoisotopic (exact) mass is 498 g/mol. The standard InChI is InChI=1S/C25H34N6O5/c1-31-19-17(20(30-31)26-12-15-2-4-16(5-3-15)22(33)34)28-14-29-18(19)21(32)27-13-24-6-9-25(10-7-24,11-8-24)23(35)36/h14-16H,2-13H2,1H3,(H,26,30)(H,27,32)(H,33,34)(H,35,36). The Labute approximate surface area is 209 Å². The van der Waals surface area contributed by atoms with Gasteiger partial charge in [0.2, 0.25) is 0 Å². The molecule has 4 N–H and O–H groups in total. The lowest BCUT2D eigenvalue weighted by Gasteiger charge is -2.51. The second-order valence-corrected chi connectivity index (χ2v) is 11.1. The number of fused-ring (bicyclic) bond motifs is 4. The number of aromatic nitrogens is 4. The van der Waals surface area contributed by atoms with Crippen LogP contribution in [0.5, 0.6) is 0 Å². The number of carbonyl (C=O) groups excluding carboxylic acids is 1. The highest BCUT2D eigenvalue weighted by atomic mass is 16.4. The molecule has 6 rings (SSSR count). The van der Waals surface area contributed by atoms with Crippen molar-refractivity contribution in [1.82, 2.24) is 25.1 Å². The molecule has 194 valence electrons. The largest absolute Gasteiger partial charge is 0.481 e. The Bertz CT molecular complexity index is 1160. The molecule has 2 aromatic heterocycles. The molecule has 4 aliphatic rings. The second-order valence-electron chi connectivity index (χ2n) is 11.1. The van der Waals surface area contributed by atoms with Crippen molar-refractivity contribution in [2.24, 2.45) is 29.7 Å². The molecule has 1 amide bonds. The Hall–Kier alpha value is -3.24. The average molecular weight is 499 g/mol. The molecule has 11 nitrogen and oxygen atoms in total. The van der Waals surface area contributed by atoms with Gasteiger partial charge in [0, 0.05) is 20.1 Å². The van der Waals surface area contributed by atoms with E-state index in [1.165, 1.54) is 6.33 Å². The van der Waals surface area contributed by atoms with Gasteiger partial charge in [0.15, 0.2) is 11.5 Å². The minimum absolute atomic E-state index is 0.0438. The molecule has 4 aliphatic carbocycles. The average Bonchev–Trinajstić information content (AvgIpc) is 3.23. The summed E-state index contributed by atoms with van der Waals surface area (Å²) in [7, 11) is 1.76. The minimum atomic E-state index is -0.709. The number of carboxylic acid groups (broad SMARTS) is 2. The number of carbonyl (C=O) groups is 3. The summed E-state index contributed by atoms with van der Waals surface area (Å²) in [6, 6.07) is 0. The number of aryl methyl sites for hydroxylation is 1. The first-order chi connectivity index (χ1) is 17.2. The molecule has 2 bridgehead atoms. The van der Waals surface area contributed by atoms with Gasteiger partial charge in [-0.1, -0.05) is 0 Å². The van der Waals surface area contributed by atoms with Crippen molar-refractivity contribution >= 4 is 34.7 Å².